The first-order chi connectivity index (χ1) is 9.17. The second-order valence-electron chi connectivity index (χ2n) is 6.48. The molecular weight excluding hydrogens is 259 g/mol. The molecule has 1 aromatic carbocycles. The molecule has 1 fully saturated rings. The molecule has 110 valence electrons. The smallest absolute Gasteiger partial charge is 0.412 e. The minimum absolute atomic E-state index is 0.126. The summed E-state index contributed by atoms with van der Waals surface area (Å²) < 4.78 is 18.8. The van der Waals surface area contributed by atoms with Gasteiger partial charge >= 0.3 is 6.09 Å². The molecule has 0 aliphatic heterocycles. The van der Waals surface area contributed by atoms with Crippen molar-refractivity contribution in [1.29, 1.82) is 0 Å². The topological polar surface area (TPSA) is 64.3 Å². The fourth-order valence-electron chi connectivity index (χ4n) is 1.94. The number of carbonyl (C=O) groups excluding carboxylic acids is 1. The van der Waals surface area contributed by atoms with Crippen molar-refractivity contribution in [3.63, 3.8) is 0 Å². The number of hydrogen-bond donors (Lipinski definition) is 2. The minimum Gasteiger partial charge on any atom is -0.444 e. The monoisotopic (exact) mass is 280 g/mol. The van der Waals surface area contributed by atoms with Gasteiger partial charge in [0.05, 0.1) is 5.69 Å². The lowest BCUT2D eigenvalue weighted by Crippen LogP contribution is -2.27. The third kappa shape index (κ3) is 4.20. The van der Waals surface area contributed by atoms with Crippen LogP contribution in [0.2, 0.25) is 0 Å². The largest absolute Gasteiger partial charge is 0.444 e. The molecule has 0 aromatic heterocycles. The van der Waals surface area contributed by atoms with Gasteiger partial charge in [0.1, 0.15) is 11.4 Å². The third-order valence-corrected chi connectivity index (χ3v) is 3.11. The number of ether oxygens (including phenoxy) is 1. The van der Waals surface area contributed by atoms with Gasteiger partial charge in [0.15, 0.2) is 0 Å². The molecule has 0 spiro atoms. The van der Waals surface area contributed by atoms with E-state index in [4.69, 9.17) is 10.5 Å². The summed E-state index contributed by atoms with van der Waals surface area (Å²) in [6, 6.07) is 4.66. The summed E-state index contributed by atoms with van der Waals surface area (Å²) in [5, 5.41) is 2.44. The number of rotatable bonds is 3. The zero-order valence-corrected chi connectivity index (χ0v) is 12.1. The molecule has 0 heterocycles. The summed E-state index contributed by atoms with van der Waals surface area (Å²) in [7, 11) is 0. The number of anilines is 1. The first kappa shape index (κ1) is 14.8. The van der Waals surface area contributed by atoms with E-state index >= 15 is 0 Å². The summed E-state index contributed by atoms with van der Waals surface area (Å²) in [5.41, 5.74) is 6.32. The van der Waals surface area contributed by atoms with Crippen LogP contribution < -0.4 is 11.1 Å². The Kier molecular flexibility index (Phi) is 3.73. The van der Waals surface area contributed by atoms with Crippen LogP contribution in [0, 0.1) is 5.82 Å². The van der Waals surface area contributed by atoms with Gasteiger partial charge in [-0.3, -0.25) is 5.32 Å². The van der Waals surface area contributed by atoms with Crippen molar-refractivity contribution >= 4 is 11.8 Å². The number of halogens is 1. The molecular formula is C15H21FN2O2. The molecule has 1 aliphatic carbocycles. The Balaban J connectivity index is 2.06. The summed E-state index contributed by atoms with van der Waals surface area (Å²) in [4.78, 5) is 11.7. The predicted molar refractivity (Wildman–Crippen MR) is 76.1 cm³/mol. The van der Waals surface area contributed by atoms with Crippen LogP contribution in [0.5, 0.6) is 0 Å². The molecule has 3 N–H and O–H groups in total. The summed E-state index contributed by atoms with van der Waals surface area (Å²) in [6.45, 7) is 5.26. The van der Waals surface area contributed by atoms with E-state index in [1.165, 1.54) is 6.07 Å². The average molecular weight is 280 g/mol. The first-order valence-electron chi connectivity index (χ1n) is 6.74. The maximum Gasteiger partial charge on any atom is 0.412 e. The van der Waals surface area contributed by atoms with E-state index in [0.29, 0.717) is 6.42 Å². The highest BCUT2D eigenvalue weighted by Crippen LogP contribution is 2.36. The van der Waals surface area contributed by atoms with Crippen LogP contribution in [-0.2, 0) is 11.2 Å². The highest BCUT2D eigenvalue weighted by molar-refractivity contribution is 5.85. The lowest BCUT2D eigenvalue weighted by Gasteiger charge is -2.20. The molecule has 2 rings (SSSR count). The van der Waals surface area contributed by atoms with Gasteiger partial charge in [-0.15, -0.1) is 0 Å². The number of amides is 1. The molecule has 20 heavy (non-hydrogen) atoms. The quantitative estimate of drug-likeness (QED) is 0.893. The first-order valence-corrected chi connectivity index (χ1v) is 6.74. The van der Waals surface area contributed by atoms with Crippen molar-refractivity contribution in [3.8, 4) is 0 Å². The molecule has 0 atom stereocenters. The van der Waals surface area contributed by atoms with E-state index in [9.17, 15) is 9.18 Å². The second-order valence-corrected chi connectivity index (χ2v) is 6.48. The van der Waals surface area contributed by atoms with Crippen LogP contribution in [0.4, 0.5) is 14.9 Å². The summed E-state index contributed by atoms with van der Waals surface area (Å²) in [5.74, 6) is -0.485. The maximum absolute atomic E-state index is 13.7. The average Bonchev–Trinajstić information content (AvgIpc) is 2.98. The Morgan fingerprint density at radius 3 is 2.65 bits per heavy atom. The van der Waals surface area contributed by atoms with E-state index in [1.54, 1.807) is 32.9 Å². The van der Waals surface area contributed by atoms with Crippen molar-refractivity contribution < 1.29 is 13.9 Å². The highest BCUT2D eigenvalue weighted by Gasteiger charge is 2.38. The Morgan fingerprint density at radius 1 is 1.45 bits per heavy atom. The van der Waals surface area contributed by atoms with E-state index in [-0.39, 0.29) is 11.2 Å². The maximum atomic E-state index is 13.7. The van der Waals surface area contributed by atoms with Gasteiger partial charge in [-0.05, 0) is 57.7 Å². The van der Waals surface area contributed by atoms with Crippen LogP contribution in [-0.4, -0.2) is 17.2 Å². The Hall–Kier alpha value is -1.62. The van der Waals surface area contributed by atoms with Gasteiger partial charge < -0.3 is 10.5 Å². The van der Waals surface area contributed by atoms with Gasteiger partial charge in [0.25, 0.3) is 0 Å². The normalized spacial score (nSPS) is 16.6. The SMILES string of the molecule is CC(C)(C)OC(=O)Nc1cc(CC2(N)CC2)ccc1F. The molecule has 1 aromatic rings. The van der Waals surface area contributed by atoms with Crippen molar-refractivity contribution in [2.75, 3.05) is 5.32 Å². The van der Waals surface area contributed by atoms with E-state index in [2.05, 4.69) is 5.32 Å². The van der Waals surface area contributed by atoms with Crippen LogP contribution >= 0.6 is 0 Å². The number of carbonyl (C=O) groups is 1. The van der Waals surface area contributed by atoms with Crippen LogP contribution in [0.1, 0.15) is 39.2 Å². The fraction of sp³-hybridized carbons (Fsp3) is 0.533. The number of nitrogens with one attached hydrogen (secondary N) is 1. The van der Waals surface area contributed by atoms with Gasteiger partial charge in [0.2, 0.25) is 0 Å². The molecule has 0 bridgehead atoms. The van der Waals surface area contributed by atoms with Crippen LogP contribution in [0.15, 0.2) is 18.2 Å². The highest BCUT2D eigenvalue weighted by atomic mass is 19.1. The van der Waals surface area contributed by atoms with Gasteiger partial charge in [-0.1, -0.05) is 6.07 Å². The molecule has 0 radical (unpaired) electrons. The van der Waals surface area contributed by atoms with Crippen molar-refractivity contribution in [3.05, 3.63) is 29.6 Å². The molecule has 4 nitrogen and oxygen atoms in total. The molecule has 5 heteroatoms. The Labute approximate surface area is 118 Å². The van der Waals surface area contributed by atoms with Gasteiger partial charge in [-0.25, -0.2) is 9.18 Å². The standard InChI is InChI=1S/C15H21FN2O2/c1-14(2,3)20-13(19)18-12-8-10(4-5-11(12)16)9-15(17)6-7-15/h4-5,8H,6-7,9,17H2,1-3H3,(H,18,19). The number of nitrogens with two attached hydrogens (primary N) is 1. The zero-order chi connectivity index (χ0) is 15.0. The predicted octanol–water partition coefficient (Wildman–Crippen LogP) is 3.21. The van der Waals surface area contributed by atoms with Crippen molar-refractivity contribution in [1.82, 2.24) is 0 Å². The van der Waals surface area contributed by atoms with E-state index < -0.39 is 17.5 Å². The molecule has 1 aliphatic rings. The molecule has 0 saturated heterocycles. The number of benzene rings is 1. The Bertz CT molecular complexity index is 519. The second kappa shape index (κ2) is 5.05. The Morgan fingerprint density at radius 2 is 2.10 bits per heavy atom. The number of hydrogen-bond acceptors (Lipinski definition) is 3. The van der Waals surface area contributed by atoms with Gasteiger partial charge in [0, 0.05) is 5.54 Å². The molecule has 1 saturated carbocycles. The van der Waals surface area contributed by atoms with E-state index in [1.807, 2.05) is 0 Å². The minimum atomic E-state index is -0.664. The zero-order valence-electron chi connectivity index (χ0n) is 12.1. The van der Waals surface area contributed by atoms with Gasteiger partial charge in [-0.2, -0.15) is 0 Å². The summed E-state index contributed by atoms with van der Waals surface area (Å²) >= 11 is 0. The molecule has 0 unspecified atom stereocenters. The van der Waals surface area contributed by atoms with Crippen molar-refractivity contribution in [2.24, 2.45) is 5.73 Å². The third-order valence-electron chi connectivity index (χ3n) is 3.11. The van der Waals surface area contributed by atoms with Crippen molar-refractivity contribution in [2.45, 2.75) is 51.2 Å². The fourth-order valence-corrected chi connectivity index (χ4v) is 1.94. The summed E-state index contributed by atoms with van der Waals surface area (Å²) in [6.07, 6.45) is 2.00. The van der Waals surface area contributed by atoms with Crippen LogP contribution in [0.25, 0.3) is 0 Å². The molecule has 1 amide bonds. The lowest BCUT2D eigenvalue weighted by atomic mass is 10.0. The van der Waals surface area contributed by atoms with E-state index in [0.717, 1.165) is 18.4 Å². The van der Waals surface area contributed by atoms with Crippen LogP contribution in [0.3, 0.4) is 0 Å². The lowest BCUT2D eigenvalue weighted by molar-refractivity contribution is 0.0635.